The molecule has 110 valence electrons. The fraction of sp³-hybridized carbons (Fsp3) is 0.250. The van der Waals surface area contributed by atoms with Gasteiger partial charge in [0.05, 0.1) is 6.61 Å². The number of unbranched alkanes of at least 4 members (excludes halogenated alkanes) is 1. The summed E-state index contributed by atoms with van der Waals surface area (Å²) in [5.41, 5.74) is 2.09. The van der Waals surface area contributed by atoms with E-state index in [-0.39, 0.29) is 0 Å². The third kappa shape index (κ3) is 4.81. The zero-order chi connectivity index (χ0) is 15.1. The number of benzene rings is 2. The number of ether oxygens (including phenoxy) is 1. The fourth-order valence-electron chi connectivity index (χ4n) is 1.93. The topological polar surface area (TPSA) is 58.9 Å². The van der Waals surface area contributed by atoms with Gasteiger partial charge < -0.3 is 19.4 Å². The maximum absolute atomic E-state index is 8.73. The Morgan fingerprint density at radius 3 is 1.86 bits per heavy atom. The van der Waals surface area contributed by atoms with Crippen molar-refractivity contribution in [2.45, 2.75) is 19.8 Å². The lowest BCUT2D eigenvalue weighted by atomic mass is 10.1. The fourth-order valence-corrected chi connectivity index (χ4v) is 1.93. The SMILES string of the molecule is CCCCOc1ccc(-c2ccc(OB(O)O)cc2)cc1. The minimum atomic E-state index is -1.80. The maximum atomic E-state index is 8.73. The summed E-state index contributed by atoms with van der Waals surface area (Å²) >= 11 is 0. The summed E-state index contributed by atoms with van der Waals surface area (Å²) in [6.45, 7) is 2.88. The molecule has 21 heavy (non-hydrogen) atoms. The van der Waals surface area contributed by atoms with E-state index in [2.05, 4.69) is 6.92 Å². The molecule has 0 fully saturated rings. The van der Waals surface area contributed by atoms with Crippen LogP contribution >= 0.6 is 0 Å². The van der Waals surface area contributed by atoms with Gasteiger partial charge in [0.25, 0.3) is 0 Å². The van der Waals surface area contributed by atoms with Gasteiger partial charge in [0.2, 0.25) is 0 Å². The predicted molar refractivity (Wildman–Crippen MR) is 83.1 cm³/mol. The van der Waals surface area contributed by atoms with Crippen LogP contribution in [0.4, 0.5) is 0 Å². The average molecular weight is 286 g/mol. The van der Waals surface area contributed by atoms with Crippen molar-refractivity contribution in [1.29, 1.82) is 0 Å². The number of hydrogen-bond donors (Lipinski definition) is 2. The molecule has 0 atom stereocenters. The molecule has 2 aromatic carbocycles. The highest BCUT2D eigenvalue weighted by Gasteiger charge is 2.10. The number of rotatable bonds is 7. The van der Waals surface area contributed by atoms with Crippen molar-refractivity contribution in [1.82, 2.24) is 0 Å². The van der Waals surface area contributed by atoms with Crippen LogP contribution in [0.3, 0.4) is 0 Å². The molecule has 0 heterocycles. The van der Waals surface area contributed by atoms with Gasteiger partial charge in [-0.2, -0.15) is 0 Å². The summed E-state index contributed by atoms with van der Waals surface area (Å²) in [7, 11) is -1.80. The third-order valence-corrected chi connectivity index (χ3v) is 3.05. The van der Waals surface area contributed by atoms with E-state index in [0.717, 1.165) is 36.3 Å². The van der Waals surface area contributed by atoms with Crippen molar-refractivity contribution >= 4 is 7.32 Å². The molecule has 0 aliphatic heterocycles. The molecular formula is C16H19BO4. The summed E-state index contributed by atoms with van der Waals surface area (Å²) in [6.07, 6.45) is 2.18. The van der Waals surface area contributed by atoms with Crippen molar-refractivity contribution in [3.8, 4) is 22.6 Å². The smallest absolute Gasteiger partial charge is 0.512 e. The van der Waals surface area contributed by atoms with Gasteiger partial charge in [0.1, 0.15) is 11.5 Å². The van der Waals surface area contributed by atoms with Crippen LogP contribution in [0.2, 0.25) is 0 Å². The van der Waals surface area contributed by atoms with Crippen molar-refractivity contribution in [3.05, 3.63) is 48.5 Å². The van der Waals surface area contributed by atoms with Gasteiger partial charge in [-0.3, -0.25) is 0 Å². The first-order valence-electron chi connectivity index (χ1n) is 7.05. The zero-order valence-corrected chi connectivity index (χ0v) is 12.0. The molecule has 2 N–H and O–H groups in total. The second-order valence-electron chi connectivity index (χ2n) is 4.69. The van der Waals surface area contributed by atoms with E-state index in [1.165, 1.54) is 0 Å². The first kappa shape index (κ1) is 15.4. The summed E-state index contributed by atoms with van der Waals surface area (Å²) in [4.78, 5) is 0. The van der Waals surface area contributed by atoms with Gasteiger partial charge in [-0.1, -0.05) is 37.6 Å². The van der Waals surface area contributed by atoms with E-state index >= 15 is 0 Å². The van der Waals surface area contributed by atoms with Gasteiger partial charge in [0, 0.05) is 0 Å². The molecule has 0 saturated heterocycles. The lowest BCUT2D eigenvalue weighted by molar-refractivity contribution is 0.288. The molecule has 0 radical (unpaired) electrons. The van der Waals surface area contributed by atoms with E-state index < -0.39 is 7.32 Å². The molecule has 0 aromatic heterocycles. The molecule has 5 heteroatoms. The summed E-state index contributed by atoms with van der Waals surface area (Å²) in [5.74, 6) is 1.28. The largest absolute Gasteiger partial charge is 0.707 e. The maximum Gasteiger partial charge on any atom is 0.707 e. The molecule has 0 amide bonds. The molecule has 0 saturated carbocycles. The lowest BCUT2D eigenvalue weighted by Crippen LogP contribution is -2.20. The van der Waals surface area contributed by atoms with Crippen LogP contribution in [0.15, 0.2) is 48.5 Å². The molecule has 0 bridgehead atoms. The Labute approximate surface area is 125 Å². The van der Waals surface area contributed by atoms with Crippen LogP contribution in [-0.2, 0) is 0 Å². The molecular weight excluding hydrogens is 267 g/mol. The Morgan fingerprint density at radius 2 is 1.38 bits per heavy atom. The molecule has 2 aromatic rings. The Morgan fingerprint density at radius 1 is 0.857 bits per heavy atom. The Hall–Kier alpha value is -1.98. The van der Waals surface area contributed by atoms with Crippen LogP contribution in [0.1, 0.15) is 19.8 Å². The van der Waals surface area contributed by atoms with Crippen molar-refractivity contribution in [2.24, 2.45) is 0 Å². The van der Waals surface area contributed by atoms with Crippen molar-refractivity contribution in [3.63, 3.8) is 0 Å². The van der Waals surface area contributed by atoms with Gasteiger partial charge in [-0.05, 0) is 41.8 Å². The highest BCUT2D eigenvalue weighted by Crippen LogP contribution is 2.24. The van der Waals surface area contributed by atoms with E-state index in [1.54, 1.807) is 12.1 Å². The van der Waals surface area contributed by atoms with Crippen LogP contribution in [0.25, 0.3) is 11.1 Å². The van der Waals surface area contributed by atoms with Crippen LogP contribution < -0.4 is 9.39 Å². The summed E-state index contributed by atoms with van der Waals surface area (Å²) in [5, 5.41) is 17.5. The quantitative estimate of drug-likeness (QED) is 0.607. The average Bonchev–Trinajstić information content (AvgIpc) is 2.49. The first-order chi connectivity index (χ1) is 10.2. The van der Waals surface area contributed by atoms with Crippen LogP contribution in [0, 0.1) is 0 Å². The predicted octanol–water partition coefficient (Wildman–Crippen LogP) is 2.88. The van der Waals surface area contributed by atoms with Gasteiger partial charge in [-0.25, -0.2) is 0 Å². The van der Waals surface area contributed by atoms with Gasteiger partial charge in [-0.15, -0.1) is 0 Å². The van der Waals surface area contributed by atoms with Crippen molar-refractivity contribution in [2.75, 3.05) is 6.61 Å². The first-order valence-corrected chi connectivity index (χ1v) is 7.05. The molecule has 4 nitrogen and oxygen atoms in total. The van der Waals surface area contributed by atoms with Crippen molar-refractivity contribution < 1.29 is 19.4 Å². The molecule has 0 unspecified atom stereocenters. The van der Waals surface area contributed by atoms with E-state index in [0.29, 0.717) is 5.75 Å². The Kier molecular flexibility index (Phi) is 5.66. The third-order valence-electron chi connectivity index (χ3n) is 3.05. The van der Waals surface area contributed by atoms with Gasteiger partial charge in [0.15, 0.2) is 0 Å². The van der Waals surface area contributed by atoms with Gasteiger partial charge >= 0.3 is 7.32 Å². The van der Waals surface area contributed by atoms with E-state index in [1.807, 2.05) is 36.4 Å². The van der Waals surface area contributed by atoms with Crippen LogP contribution in [0.5, 0.6) is 11.5 Å². The molecule has 2 rings (SSSR count). The molecule has 0 spiro atoms. The lowest BCUT2D eigenvalue weighted by Gasteiger charge is -2.08. The zero-order valence-electron chi connectivity index (χ0n) is 12.0. The van der Waals surface area contributed by atoms with E-state index in [9.17, 15) is 0 Å². The highest BCUT2D eigenvalue weighted by molar-refractivity contribution is 6.33. The normalized spacial score (nSPS) is 10.2. The van der Waals surface area contributed by atoms with Crippen LogP contribution in [-0.4, -0.2) is 24.0 Å². The second-order valence-corrected chi connectivity index (χ2v) is 4.69. The van der Waals surface area contributed by atoms with E-state index in [4.69, 9.17) is 19.4 Å². The Bertz CT molecular complexity index is 537. The second kappa shape index (κ2) is 7.71. The summed E-state index contributed by atoms with van der Waals surface area (Å²) in [6, 6.07) is 15.0. The molecule has 0 aliphatic rings. The Balaban J connectivity index is 2.01. The highest BCUT2D eigenvalue weighted by atomic mass is 16.6. The monoisotopic (exact) mass is 286 g/mol. The molecule has 0 aliphatic carbocycles. The minimum absolute atomic E-state index is 0.410. The summed E-state index contributed by atoms with van der Waals surface area (Å²) < 4.78 is 10.4. The standard InChI is InChI=1S/C16H19BO4/c1-2-3-12-20-15-8-4-13(5-9-15)14-6-10-16(11-7-14)21-17(18)19/h4-11,18-19H,2-3,12H2,1H3. The number of hydrogen-bond acceptors (Lipinski definition) is 4. The minimum Gasteiger partial charge on any atom is -0.512 e.